The van der Waals surface area contributed by atoms with Crippen molar-refractivity contribution >= 4 is 46.4 Å². The fourth-order valence-corrected chi connectivity index (χ4v) is 2.17. The first kappa shape index (κ1) is 12.4. The van der Waals surface area contributed by atoms with Gasteiger partial charge in [0.15, 0.2) is 0 Å². The van der Waals surface area contributed by atoms with Gasteiger partial charge < -0.3 is 10.2 Å². The van der Waals surface area contributed by atoms with Gasteiger partial charge in [0.1, 0.15) is 0 Å². The van der Waals surface area contributed by atoms with E-state index in [1.54, 1.807) is 0 Å². The number of aliphatic hydroxyl groups is 2. The molecule has 6 heteroatoms. The molecule has 0 bridgehead atoms. The van der Waals surface area contributed by atoms with E-state index in [0.29, 0.717) is 0 Å². The molecule has 0 fully saturated rings. The van der Waals surface area contributed by atoms with E-state index in [9.17, 15) is 0 Å². The molecule has 0 unspecified atom stereocenters. The summed E-state index contributed by atoms with van der Waals surface area (Å²) in [4.78, 5) is 0. The van der Waals surface area contributed by atoms with Crippen LogP contribution in [0.25, 0.3) is 0 Å². The van der Waals surface area contributed by atoms with Gasteiger partial charge in [-0.05, 0) is 0 Å². The van der Waals surface area contributed by atoms with E-state index in [0.717, 1.165) is 0 Å². The lowest BCUT2D eigenvalue weighted by Crippen LogP contribution is -1.95. The molecule has 78 valence electrons. The van der Waals surface area contributed by atoms with Crippen molar-refractivity contribution in [3.05, 3.63) is 31.2 Å². The van der Waals surface area contributed by atoms with Gasteiger partial charge in [0, 0.05) is 11.1 Å². The molecule has 1 aromatic rings. The minimum absolute atomic E-state index is 0.118. The van der Waals surface area contributed by atoms with Crippen LogP contribution in [-0.2, 0) is 13.2 Å². The molecule has 0 heterocycles. The Morgan fingerprint density at radius 2 is 0.857 bits per heavy atom. The third-order valence-corrected chi connectivity index (χ3v) is 3.62. The second-order valence-electron chi connectivity index (χ2n) is 2.53. The summed E-state index contributed by atoms with van der Waals surface area (Å²) in [7, 11) is 0. The lowest BCUT2D eigenvalue weighted by Gasteiger charge is -2.12. The quantitative estimate of drug-likeness (QED) is 0.814. The number of hydrogen-bond donors (Lipinski definition) is 2. The highest BCUT2D eigenvalue weighted by Gasteiger charge is 2.18. The molecule has 0 spiro atoms. The zero-order valence-electron chi connectivity index (χ0n) is 6.82. The maximum absolute atomic E-state index is 8.96. The van der Waals surface area contributed by atoms with Crippen LogP contribution in [0.1, 0.15) is 11.1 Å². The summed E-state index contributed by atoms with van der Waals surface area (Å²) in [6, 6.07) is 0. The van der Waals surface area contributed by atoms with Crippen molar-refractivity contribution < 1.29 is 10.2 Å². The van der Waals surface area contributed by atoms with Gasteiger partial charge in [0.25, 0.3) is 0 Å². The second kappa shape index (κ2) is 4.88. The normalized spacial score (nSPS) is 10.7. The first-order chi connectivity index (χ1) is 6.54. The Hall–Kier alpha value is 0.300. The number of halogens is 4. The van der Waals surface area contributed by atoms with Crippen LogP contribution >= 0.6 is 46.4 Å². The van der Waals surface area contributed by atoms with E-state index >= 15 is 0 Å². The summed E-state index contributed by atoms with van der Waals surface area (Å²) in [5.74, 6) is 0. The highest BCUT2D eigenvalue weighted by Crippen LogP contribution is 2.41. The summed E-state index contributed by atoms with van der Waals surface area (Å²) in [6.07, 6.45) is 0. The number of rotatable bonds is 2. The zero-order valence-corrected chi connectivity index (χ0v) is 9.84. The van der Waals surface area contributed by atoms with E-state index in [1.807, 2.05) is 0 Å². The van der Waals surface area contributed by atoms with Gasteiger partial charge in [-0.15, -0.1) is 0 Å². The van der Waals surface area contributed by atoms with Crippen LogP contribution in [0.2, 0.25) is 20.1 Å². The van der Waals surface area contributed by atoms with Crippen LogP contribution in [0.5, 0.6) is 0 Å². The molecule has 2 nitrogen and oxygen atoms in total. The minimum atomic E-state index is -0.358. The maximum atomic E-state index is 8.96. The van der Waals surface area contributed by atoms with Gasteiger partial charge in [0.2, 0.25) is 0 Å². The summed E-state index contributed by atoms with van der Waals surface area (Å²) in [5, 5.41) is 18.4. The van der Waals surface area contributed by atoms with Gasteiger partial charge in [-0.2, -0.15) is 0 Å². The number of benzene rings is 1. The third kappa shape index (κ3) is 1.96. The van der Waals surface area contributed by atoms with Crippen LogP contribution < -0.4 is 0 Å². The van der Waals surface area contributed by atoms with Crippen molar-refractivity contribution in [2.45, 2.75) is 13.2 Å². The van der Waals surface area contributed by atoms with Gasteiger partial charge in [-0.1, -0.05) is 46.4 Å². The maximum Gasteiger partial charge on any atom is 0.0712 e. The van der Waals surface area contributed by atoms with Crippen molar-refractivity contribution in [3.63, 3.8) is 0 Å². The fourth-order valence-electron chi connectivity index (χ4n) is 1.00. The molecule has 1 aromatic carbocycles. The Morgan fingerprint density at radius 3 is 1.00 bits per heavy atom. The van der Waals surface area contributed by atoms with Gasteiger partial charge in [-0.3, -0.25) is 0 Å². The molecule has 0 atom stereocenters. The fraction of sp³-hybridized carbons (Fsp3) is 0.250. The van der Waals surface area contributed by atoms with E-state index in [4.69, 9.17) is 56.6 Å². The number of aliphatic hydroxyl groups excluding tert-OH is 2. The van der Waals surface area contributed by atoms with Crippen molar-refractivity contribution in [1.29, 1.82) is 0 Å². The predicted octanol–water partition coefficient (Wildman–Crippen LogP) is 3.28. The molecule has 0 saturated carbocycles. The van der Waals surface area contributed by atoms with Crippen LogP contribution in [0.3, 0.4) is 0 Å². The summed E-state index contributed by atoms with van der Waals surface area (Å²) in [5.41, 5.74) is 0.529. The number of hydrogen-bond acceptors (Lipinski definition) is 2. The molecule has 0 saturated heterocycles. The monoisotopic (exact) mass is 274 g/mol. The molecule has 2 N–H and O–H groups in total. The van der Waals surface area contributed by atoms with Crippen LogP contribution in [-0.4, -0.2) is 10.2 Å². The molecule has 0 aliphatic heterocycles. The standard InChI is InChI=1S/C8H6Cl4O2/c9-5-3(1-13)6(10)8(12)4(2-14)7(5)11/h13-14H,1-2H2. The predicted molar refractivity (Wildman–Crippen MR) is 58.3 cm³/mol. The molecule has 1 rings (SSSR count). The molecule has 0 aliphatic carbocycles. The van der Waals surface area contributed by atoms with Gasteiger partial charge >= 0.3 is 0 Å². The molecule has 0 radical (unpaired) electrons. The third-order valence-electron chi connectivity index (χ3n) is 1.76. The SMILES string of the molecule is OCc1c(Cl)c(Cl)c(CO)c(Cl)c1Cl. The molecule has 0 aliphatic rings. The van der Waals surface area contributed by atoms with Crippen LogP contribution in [0, 0.1) is 0 Å². The Labute approximate surface area is 101 Å². The van der Waals surface area contributed by atoms with Crippen LogP contribution in [0.4, 0.5) is 0 Å². The first-order valence-corrected chi connectivity index (χ1v) is 5.11. The van der Waals surface area contributed by atoms with Crippen molar-refractivity contribution in [2.24, 2.45) is 0 Å². The molecule has 0 aromatic heterocycles. The average molecular weight is 276 g/mol. The Kier molecular flexibility index (Phi) is 4.31. The van der Waals surface area contributed by atoms with E-state index < -0.39 is 0 Å². The van der Waals surface area contributed by atoms with Crippen molar-refractivity contribution in [2.75, 3.05) is 0 Å². The summed E-state index contributed by atoms with van der Waals surface area (Å²) < 4.78 is 0. The highest BCUT2D eigenvalue weighted by molar-refractivity contribution is 6.48. The first-order valence-electron chi connectivity index (χ1n) is 3.60. The average Bonchev–Trinajstić information content (AvgIpc) is 2.17. The van der Waals surface area contributed by atoms with Crippen LogP contribution in [0.15, 0.2) is 0 Å². The summed E-state index contributed by atoms with van der Waals surface area (Å²) >= 11 is 23.2. The van der Waals surface area contributed by atoms with Crippen molar-refractivity contribution in [1.82, 2.24) is 0 Å². The smallest absolute Gasteiger partial charge is 0.0712 e. The van der Waals surface area contributed by atoms with Gasteiger partial charge in [0.05, 0.1) is 33.3 Å². The lowest BCUT2D eigenvalue weighted by molar-refractivity contribution is 0.278. The molecular weight excluding hydrogens is 270 g/mol. The topological polar surface area (TPSA) is 40.5 Å². The molecular formula is C8H6Cl4O2. The van der Waals surface area contributed by atoms with Gasteiger partial charge in [-0.25, -0.2) is 0 Å². The Balaban J connectivity index is 3.55. The van der Waals surface area contributed by atoms with E-state index in [2.05, 4.69) is 0 Å². The largest absolute Gasteiger partial charge is 0.392 e. The lowest BCUT2D eigenvalue weighted by atomic mass is 10.1. The minimum Gasteiger partial charge on any atom is -0.392 e. The molecule has 14 heavy (non-hydrogen) atoms. The second-order valence-corrected chi connectivity index (χ2v) is 4.04. The molecule has 0 amide bonds. The Morgan fingerprint density at radius 1 is 0.643 bits per heavy atom. The zero-order chi connectivity index (χ0) is 10.9. The summed E-state index contributed by atoms with van der Waals surface area (Å²) in [6.45, 7) is -0.717. The van der Waals surface area contributed by atoms with E-state index in [1.165, 1.54) is 0 Å². The van der Waals surface area contributed by atoms with Crippen molar-refractivity contribution in [3.8, 4) is 0 Å². The van der Waals surface area contributed by atoms with E-state index in [-0.39, 0.29) is 44.4 Å². The highest BCUT2D eigenvalue weighted by atomic mass is 35.5. The Bertz CT molecular complexity index is 301.